The highest BCUT2D eigenvalue weighted by Gasteiger charge is 2.25. The van der Waals surface area contributed by atoms with Gasteiger partial charge in [-0.2, -0.15) is 0 Å². The van der Waals surface area contributed by atoms with E-state index in [1.807, 2.05) is 0 Å². The van der Waals surface area contributed by atoms with Crippen LogP contribution in [0.2, 0.25) is 0 Å². The van der Waals surface area contributed by atoms with Crippen molar-refractivity contribution < 1.29 is 18.1 Å². The number of anilines is 1. The van der Waals surface area contributed by atoms with Gasteiger partial charge < -0.3 is 9.47 Å². The van der Waals surface area contributed by atoms with E-state index < -0.39 is 22.1 Å². The summed E-state index contributed by atoms with van der Waals surface area (Å²) < 4.78 is 41.9. The molecule has 1 aromatic carbocycles. The van der Waals surface area contributed by atoms with Crippen LogP contribution >= 0.6 is 0 Å². The second-order valence-electron chi connectivity index (χ2n) is 7.02. The first-order chi connectivity index (χ1) is 16.5. The second kappa shape index (κ2) is 10.3. The molecule has 11 nitrogen and oxygen atoms in total. The third-order valence-electron chi connectivity index (χ3n) is 4.80. The molecule has 0 saturated carbocycles. The van der Waals surface area contributed by atoms with Crippen molar-refractivity contribution in [3.05, 3.63) is 60.8 Å². The molecule has 34 heavy (non-hydrogen) atoms. The third-order valence-corrected chi connectivity index (χ3v) is 6.08. The normalized spacial score (nSPS) is 12.7. The predicted molar refractivity (Wildman–Crippen MR) is 122 cm³/mol. The Balaban J connectivity index is 1.73. The second-order valence-corrected chi connectivity index (χ2v) is 8.62. The Kier molecular flexibility index (Phi) is 7.01. The maximum absolute atomic E-state index is 13.1. The van der Waals surface area contributed by atoms with Crippen LogP contribution in [0, 0.1) is 5.82 Å². The number of hydrogen-bond acceptors (Lipinski definition) is 9. The smallest absolute Gasteiger partial charge is 0.241 e. The summed E-state index contributed by atoms with van der Waals surface area (Å²) in [5, 5.41) is 8.05. The number of hydrogen-bond donors (Lipinski definition) is 1. The molecule has 0 fully saturated rings. The van der Waals surface area contributed by atoms with E-state index >= 15 is 0 Å². The van der Waals surface area contributed by atoms with Gasteiger partial charge in [-0.05, 0) is 25.1 Å². The number of benzene rings is 1. The maximum Gasteiger partial charge on any atom is 0.241 e. The number of aromatic nitrogens is 7. The van der Waals surface area contributed by atoms with Crippen molar-refractivity contribution >= 4 is 16.9 Å². The van der Waals surface area contributed by atoms with E-state index in [1.165, 1.54) is 20.5 Å². The van der Waals surface area contributed by atoms with Gasteiger partial charge in [-0.3, -0.25) is 9.29 Å². The highest BCUT2D eigenvalue weighted by molar-refractivity contribution is 7.86. The molecule has 0 saturated heterocycles. The number of rotatable bonds is 9. The molecule has 1 N–H and O–H groups in total. The molecule has 4 rings (SSSR count). The third kappa shape index (κ3) is 4.83. The lowest BCUT2D eigenvalue weighted by atomic mass is 10.2. The van der Waals surface area contributed by atoms with Crippen molar-refractivity contribution in [3.63, 3.8) is 0 Å². The summed E-state index contributed by atoms with van der Waals surface area (Å²) in [6, 6.07) is 6.98. The number of methoxy groups -OCH3 is 2. The van der Waals surface area contributed by atoms with Crippen molar-refractivity contribution in [3.8, 4) is 28.7 Å². The molecule has 2 unspecified atom stereocenters. The van der Waals surface area contributed by atoms with Crippen LogP contribution in [-0.2, 0) is 17.4 Å². The summed E-state index contributed by atoms with van der Waals surface area (Å²) in [5.74, 6) is 1.35. The molecule has 3 heterocycles. The summed E-state index contributed by atoms with van der Waals surface area (Å²) in [6.07, 6.45) is 5.37. The number of nitrogens with zero attached hydrogens (tertiary/aromatic N) is 7. The maximum atomic E-state index is 13.1. The minimum atomic E-state index is -1.63. The summed E-state index contributed by atoms with van der Waals surface area (Å²) in [5.41, 5.74) is 0.988. The molecule has 2 atom stereocenters. The molecule has 13 heteroatoms. The summed E-state index contributed by atoms with van der Waals surface area (Å²) >= 11 is 0. The van der Waals surface area contributed by atoms with Crippen molar-refractivity contribution in [1.29, 1.82) is 0 Å². The van der Waals surface area contributed by atoms with Crippen molar-refractivity contribution in [2.45, 2.75) is 18.6 Å². The molecule has 3 aromatic heterocycles. The van der Waals surface area contributed by atoms with Crippen LogP contribution in [0.15, 0.2) is 49.2 Å². The molecule has 0 radical (unpaired) electrons. The lowest BCUT2D eigenvalue weighted by molar-refractivity contribution is 0.391. The van der Waals surface area contributed by atoms with Gasteiger partial charge in [0, 0.05) is 12.6 Å². The van der Waals surface area contributed by atoms with Gasteiger partial charge in [0.25, 0.3) is 0 Å². The van der Waals surface area contributed by atoms with Gasteiger partial charge in [0.1, 0.15) is 46.0 Å². The van der Waals surface area contributed by atoms with Crippen LogP contribution < -0.4 is 14.2 Å². The molecule has 0 aliphatic carbocycles. The van der Waals surface area contributed by atoms with Gasteiger partial charge in [-0.1, -0.05) is 6.07 Å². The largest absolute Gasteiger partial charge is 0.494 e. The zero-order valence-corrected chi connectivity index (χ0v) is 19.4. The van der Waals surface area contributed by atoms with E-state index in [1.54, 1.807) is 42.0 Å². The fraction of sp³-hybridized carbons (Fsp3) is 0.238. The zero-order chi connectivity index (χ0) is 24.1. The number of nitrogens with one attached hydrogen (secondary N) is 1. The summed E-state index contributed by atoms with van der Waals surface area (Å²) in [6.45, 7) is 1.76. The van der Waals surface area contributed by atoms with Crippen molar-refractivity contribution in [2.75, 3.05) is 18.9 Å². The first-order valence-electron chi connectivity index (χ1n) is 10.1. The predicted octanol–water partition coefficient (Wildman–Crippen LogP) is 2.38. The fourth-order valence-corrected chi connectivity index (χ4v) is 3.98. The molecule has 0 bridgehead atoms. The van der Waals surface area contributed by atoms with E-state index in [9.17, 15) is 8.60 Å². The Labute approximate surface area is 197 Å². The topological polar surface area (TPSA) is 130 Å². The molecular formula is C21H21FN8O3S. The van der Waals surface area contributed by atoms with Gasteiger partial charge >= 0.3 is 0 Å². The Hall–Kier alpha value is -4.00. The fourth-order valence-electron chi connectivity index (χ4n) is 3.17. The lowest BCUT2D eigenvalue weighted by Gasteiger charge is -2.18. The first kappa shape index (κ1) is 23.2. The Morgan fingerprint density at radius 2 is 1.79 bits per heavy atom. The van der Waals surface area contributed by atoms with E-state index in [-0.39, 0.29) is 12.4 Å². The summed E-state index contributed by atoms with van der Waals surface area (Å²) in [4.78, 5) is 16.1. The quantitative estimate of drug-likeness (QED) is 0.380. The Morgan fingerprint density at radius 1 is 1.09 bits per heavy atom. The Morgan fingerprint density at radius 3 is 2.41 bits per heavy atom. The minimum Gasteiger partial charge on any atom is -0.494 e. The zero-order valence-electron chi connectivity index (χ0n) is 18.5. The molecular weight excluding hydrogens is 463 g/mol. The highest BCUT2D eigenvalue weighted by atomic mass is 32.2. The van der Waals surface area contributed by atoms with Crippen LogP contribution in [0.25, 0.3) is 17.2 Å². The molecule has 0 spiro atoms. The van der Waals surface area contributed by atoms with Crippen LogP contribution in [0.4, 0.5) is 10.3 Å². The van der Waals surface area contributed by atoms with Crippen molar-refractivity contribution in [1.82, 2.24) is 34.7 Å². The molecule has 0 amide bonds. The Bertz CT molecular complexity index is 1260. The van der Waals surface area contributed by atoms with E-state index in [0.29, 0.717) is 34.5 Å². The first-order valence-corrected chi connectivity index (χ1v) is 11.3. The van der Waals surface area contributed by atoms with Crippen LogP contribution in [-0.4, -0.2) is 58.4 Å². The monoisotopic (exact) mass is 484 g/mol. The van der Waals surface area contributed by atoms with Crippen molar-refractivity contribution in [2.24, 2.45) is 0 Å². The number of para-hydroxylation sites is 1. The van der Waals surface area contributed by atoms with E-state index in [0.717, 1.165) is 12.4 Å². The SMILES string of the molecule is COc1cccc(OC)c1-n1c(NS(=O)C(C)Cc2ncc(F)cn2)nnc1-c1ccncn1. The average Bonchev–Trinajstić information content (AvgIpc) is 3.28. The van der Waals surface area contributed by atoms with Crippen LogP contribution in [0.5, 0.6) is 11.5 Å². The highest BCUT2D eigenvalue weighted by Crippen LogP contribution is 2.37. The van der Waals surface area contributed by atoms with E-state index in [4.69, 9.17) is 9.47 Å². The van der Waals surface area contributed by atoms with Crippen LogP contribution in [0.1, 0.15) is 12.7 Å². The van der Waals surface area contributed by atoms with Crippen LogP contribution in [0.3, 0.4) is 0 Å². The van der Waals surface area contributed by atoms with E-state index in [2.05, 4.69) is 34.9 Å². The molecule has 0 aliphatic rings. The molecule has 0 aliphatic heterocycles. The molecule has 176 valence electrons. The average molecular weight is 485 g/mol. The lowest BCUT2D eigenvalue weighted by Crippen LogP contribution is -2.23. The summed E-state index contributed by atoms with van der Waals surface area (Å²) in [7, 11) is 1.43. The number of ether oxygens (including phenoxy) is 2. The van der Waals surface area contributed by atoms with Gasteiger partial charge in [-0.15, -0.1) is 10.2 Å². The minimum absolute atomic E-state index is 0.182. The molecule has 4 aromatic rings. The van der Waals surface area contributed by atoms with Gasteiger partial charge in [-0.25, -0.2) is 28.5 Å². The standard InChI is InChI=1S/C21H21FN8O3S/c1-13(9-18-24-10-14(22)11-25-18)34(31)29-21-28-27-20(15-7-8-23-12-26-15)30(21)19-16(32-2)5-4-6-17(19)33-3/h4-8,10-13H,9H2,1-3H3,(H,28,29). The van der Waals surface area contributed by atoms with Gasteiger partial charge in [0.05, 0.1) is 31.9 Å². The van der Waals surface area contributed by atoms with Gasteiger partial charge in [0.2, 0.25) is 5.95 Å². The van der Waals surface area contributed by atoms with Gasteiger partial charge in [0.15, 0.2) is 11.6 Å². The number of halogens is 1.